The topological polar surface area (TPSA) is 39.2 Å². The van der Waals surface area contributed by atoms with E-state index in [0.29, 0.717) is 27.5 Å². The van der Waals surface area contributed by atoms with E-state index in [1.54, 1.807) is 24.3 Å². The van der Waals surface area contributed by atoms with E-state index in [1.807, 2.05) is 66.7 Å². The van der Waals surface area contributed by atoms with E-state index in [2.05, 4.69) is 15.9 Å². The number of hydrogen-bond donors (Lipinski definition) is 0. The predicted octanol–water partition coefficient (Wildman–Crippen LogP) is 7.69. The summed E-state index contributed by atoms with van der Waals surface area (Å²) in [7, 11) is 0. The standard InChI is InChI=1S/C26H15BrClNO2/c27-18-10-13-23-21(14-18)22(15-24(29-23)17-8-11-19(28)12-9-17)26(30)31-25-7-3-5-16-4-1-2-6-20(16)25/h1-15H. The molecule has 0 aliphatic rings. The van der Waals surface area contributed by atoms with Crippen molar-refractivity contribution in [1.82, 2.24) is 4.98 Å². The molecule has 0 atom stereocenters. The SMILES string of the molecule is O=C(Oc1cccc2ccccc12)c1cc(-c2ccc(Cl)cc2)nc2ccc(Br)cc12. The second kappa shape index (κ2) is 8.14. The smallest absolute Gasteiger partial charge is 0.344 e. The number of ether oxygens (including phenoxy) is 1. The summed E-state index contributed by atoms with van der Waals surface area (Å²) in [6.45, 7) is 0. The second-order valence-corrected chi connectivity index (χ2v) is 8.44. The highest BCUT2D eigenvalue weighted by molar-refractivity contribution is 9.10. The van der Waals surface area contributed by atoms with Crippen LogP contribution in [0.2, 0.25) is 5.02 Å². The van der Waals surface area contributed by atoms with Crippen LogP contribution in [-0.4, -0.2) is 11.0 Å². The molecule has 31 heavy (non-hydrogen) atoms. The number of halogens is 2. The Kier molecular flexibility index (Phi) is 5.18. The highest BCUT2D eigenvalue weighted by Crippen LogP contribution is 2.30. The molecule has 0 amide bonds. The zero-order chi connectivity index (χ0) is 21.4. The highest BCUT2D eigenvalue weighted by Gasteiger charge is 2.17. The highest BCUT2D eigenvalue weighted by atomic mass is 79.9. The van der Waals surface area contributed by atoms with Crippen LogP contribution >= 0.6 is 27.5 Å². The van der Waals surface area contributed by atoms with Crippen LogP contribution in [0.25, 0.3) is 32.9 Å². The Morgan fingerprint density at radius 3 is 2.45 bits per heavy atom. The lowest BCUT2D eigenvalue weighted by atomic mass is 10.0. The van der Waals surface area contributed by atoms with Gasteiger partial charge in [0.2, 0.25) is 0 Å². The number of pyridine rings is 1. The third-order valence-electron chi connectivity index (χ3n) is 5.08. The van der Waals surface area contributed by atoms with E-state index in [9.17, 15) is 4.79 Å². The summed E-state index contributed by atoms with van der Waals surface area (Å²) < 4.78 is 6.73. The molecule has 5 rings (SSSR count). The van der Waals surface area contributed by atoms with Crippen LogP contribution in [0.15, 0.2) is 95.5 Å². The molecule has 4 aromatic carbocycles. The lowest BCUT2D eigenvalue weighted by Crippen LogP contribution is -2.10. The van der Waals surface area contributed by atoms with Gasteiger partial charge in [0.25, 0.3) is 0 Å². The minimum absolute atomic E-state index is 0.433. The fourth-order valence-corrected chi connectivity index (χ4v) is 4.06. The molecule has 0 fully saturated rings. The van der Waals surface area contributed by atoms with Crippen LogP contribution in [0.5, 0.6) is 5.75 Å². The maximum atomic E-state index is 13.3. The average Bonchev–Trinajstić information content (AvgIpc) is 2.79. The molecule has 3 nitrogen and oxygen atoms in total. The molecule has 0 saturated carbocycles. The number of nitrogens with zero attached hydrogens (tertiary/aromatic N) is 1. The normalized spacial score (nSPS) is 11.0. The van der Waals surface area contributed by atoms with Crippen molar-refractivity contribution in [2.45, 2.75) is 0 Å². The van der Waals surface area contributed by atoms with Gasteiger partial charge in [0.1, 0.15) is 5.75 Å². The molecule has 1 heterocycles. The zero-order valence-corrected chi connectivity index (χ0v) is 18.5. The third-order valence-corrected chi connectivity index (χ3v) is 5.83. The lowest BCUT2D eigenvalue weighted by Gasteiger charge is -2.12. The molecule has 0 unspecified atom stereocenters. The number of esters is 1. The van der Waals surface area contributed by atoms with Crippen LogP contribution in [0.1, 0.15) is 10.4 Å². The molecule has 0 bridgehead atoms. The molecule has 0 saturated heterocycles. The number of hydrogen-bond acceptors (Lipinski definition) is 3. The summed E-state index contributed by atoms with van der Waals surface area (Å²) in [6.07, 6.45) is 0. The van der Waals surface area contributed by atoms with Crippen LogP contribution in [0.4, 0.5) is 0 Å². The number of aromatic nitrogens is 1. The van der Waals surface area contributed by atoms with Gasteiger partial charge in [-0.3, -0.25) is 0 Å². The van der Waals surface area contributed by atoms with E-state index in [4.69, 9.17) is 21.3 Å². The van der Waals surface area contributed by atoms with Crippen molar-refractivity contribution < 1.29 is 9.53 Å². The van der Waals surface area contributed by atoms with Gasteiger partial charge in [0.15, 0.2) is 0 Å². The quantitative estimate of drug-likeness (QED) is 0.193. The summed E-state index contributed by atoms with van der Waals surface area (Å²) in [5.41, 5.74) is 2.70. The minimum Gasteiger partial charge on any atom is -0.422 e. The van der Waals surface area contributed by atoms with E-state index in [1.165, 1.54) is 0 Å². The molecule has 0 aliphatic carbocycles. The van der Waals surface area contributed by atoms with Crippen molar-refractivity contribution in [2.75, 3.05) is 0 Å². The van der Waals surface area contributed by atoms with Crippen molar-refractivity contribution in [3.05, 3.63) is 106 Å². The van der Waals surface area contributed by atoms with Crippen molar-refractivity contribution in [3.63, 3.8) is 0 Å². The maximum Gasteiger partial charge on any atom is 0.344 e. The van der Waals surface area contributed by atoms with Gasteiger partial charge in [0.05, 0.1) is 16.8 Å². The third kappa shape index (κ3) is 3.92. The van der Waals surface area contributed by atoms with Gasteiger partial charge in [-0.15, -0.1) is 0 Å². The Morgan fingerprint density at radius 2 is 1.61 bits per heavy atom. The van der Waals surface area contributed by atoms with E-state index >= 15 is 0 Å². The first-order valence-electron chi connectivity index (χ1n) is 9.65. The van der Waals surface area contributed by atoms with E-state index < -0.39 is 5.97 Å². The van der Waals surface area contributed by atoms with Crippen molar-refractivity contribution in [3.8, 4) is 17.0 Å². The monoisotopic (exact) mass is 487 g/mol. The van der Waals surface area contributed by atoms with Crippen LogP contribution in [-0.2, 0) is 0 Å². The fourth-order valence-electron chi connectivity index (χ4n) is 3.57. The molecule has 5 aromatic rings. The van der Waals surface area contributed by atoms with Gasteiger partial charge in [0, 0.05) is 25.8 Å². The zero-order valence-electron chi connectivity index (χ0n) is 16.2. The van der Waals surface area contributed by atoms with Crippen LogP contribution < -0.4 is 4.74 Å². The Balaban J connectivity index is 1.64. The van der Waals surface area contributed by atoms with Gasteiger partial charge >= 0.3 is 5.97 Å². The molecule has 150 valence electrons. The van der Waals surface area contributed by atoms with Crippen molar-refractivity contribution in [2.24, 2.45) is 0 Å². The summed E-state index contributed by atoms with van der Waals surface area (Å²) >= 11 is 9.52. The average molecular weight is 489 g/mol. The van der Waals surface area contributed by atoms with Crippen LogP contribution in [0, 0.1) is 0 Å². The summed E-state index contributed by atoms with van der Waals surface area (Å²) in [6, 6.07) is 28.3. The summed E-state index contributed by atoms with van der Waals surface area (Å²) in [5, 5.41) is 3.26. The Morgan fingerprint density at radius 1 is 0.839 bits per heavy atom. The van der Waals surface area contributed by atoms with Gasteiger partial charge in [-0.25, -0.2) is 9.78 Å². The fraction of sp³-hybridized carbons (Fsp3) is 0. The molecular weight excluding hydrogens is 474 g/mol. The Hall–Kier alpha value is -3.21. The molecule has 1 aromatic heterocycles. The number of benzene rings is 4. The number of carbonyl (C=O) groups is 1. The predicted molar refractivity (Wildman–Crippen MR) is 129 cm³/mol. The largest absolute Gasteiger partial charge is 0.422 e. The summed E-state index contributed by atoms with van der Waals surface area (Å²) in [5.74, 6) is 0.0909. The molecule has 0 aliphatic heterocycles. The van der Waals surface area contributed by atoms with E-state index in [0.717, 1.165) is 26.2 Å². The second-order valence-electron chi connectivity index (χ2n) is 7.09. The first-order chi connectivity index (χ1) is 15.1. The Bertz CT molecular complexity index is 1440. The molecule has 0 spiro atoms. The van der Waals surface area contributed by atoms with Gasteiger partial charge in [-0.05, 0) is 47.9 Å². The molecule has 0 N–H and O–H groups in total. The number of fused-ring (bicyclic) bond motifs is 2. The molecule has 5 heteroatoms. The maximum absolute atomic E-state index is 13.3. The number of carbonyl (C=O) groups excluding carboxylic acids is 1. The first-order valence-corrected chi connectivity index (χ1v) is 10.8. The first kappa shape index (κ1) is 19.7. The van der Waals surface area contributed by atoms with Crippen molar-refractivity contribution >= 4 is 55.2 Å². The van der Waals surface area contributed by atoms with Gasteiger partial charge in [-0.2, -0.15) is 0 Å². The molecular formula is C26H15BrClNO2. The molecule has 0 radical (unpaired) electrons. The minimum atomic E-state index is -0.433. The van der Waals surface area contributed by atoms with Gasteiger partial charge in [-0.1, -0.05) is 76.1 Å². The number of rotatable bonds is 3. The Labute approximate surface area is 192 Å². The lowest BCUT2D eigenvalue weighted by molar-refractivity contribution is 0.0739. The van der Waals surface area contributed by atoms with Crippen LogP contribution in [0.3, 0.4) is 0 Å². The van der Waals surface area contributed by atoms with Gasteiger partial charge < -0.3 is 4.74 Å². The summed E-state index contributed by atoms with van der Waals surface area (Å²) in [4.78, 5) is 18.1. The van der Waals surface area contributed by atoms with Crippen molar-refractivity contribution in [1.29, 1.82) is 0 Å². The van der Waals surface area contributed by atoms with E-state index in [-0.39, 0.29) is 0 Å².